The predicted molar refractivity (Wildman–Crippen MR) is 80.4 cm³/mol. The molecule has 0 radical (unpaired) electrons. The number of rotatable bonds is 5. The lowest BCUT2D eigenvalue weighted by Crippen LogP contribution is -2.12. The maximum atomic E-state index is 12.0. The fourth-order valence-corrected chi connectivity index (χ4v) is 2.63. The van der Waals surface area contributed by atoms with Gasteiger partial charge in [0.25, 0.3) is 0 Å². The van der Waals surface area contributed by atoms with Gasteiger partial charge in [-0.3, -0.25) is 4.79 Å². The van der Waals surface area contributed by atoms with E-state index in [9.17, 15) is 4.79 Å². The van der Waals surface area contributed by atoms with Crippen molar-refractivity contribution in [3.8, 4) is 5.69 Å². The summed E-state index contributed by atoms with van der Waals surface area (Å²) in [7, 11) is 0. The first-order valence-electron chi connectivity index (χ1n) is 6.45. The van der Waals surface area contributed by atoms with E-state index in [-0.39, 0.29) is 5.91 Å². The largest absolute Gasteiger partial charge is 0.326 e. The summed E-state index contributed by atoms with van der Waals surface area (Å²) in [6.07, 6.45) is 2.73. The van der Waals surface area contributed by atoms with Gasteiger partial charge in [-0.25, -0.2) is 4.68 Å². The Morgan fingerprint density at radius 3 is 3.05 bits per heavy atom. The van der Waals surface area contributed by atoms with Gasteiger partial charge in [0, 0.05) is 12.1 Å². The molecule has 106 valence electrons. The summed E-state index contributed by atoms with van der Waals surface area (Å²) in [5.74, 6) is -0.00457. The average Bonchev–Trinajstić information content (AvgIpc) is 3.19. The summed E-state index contributed by atoms with van der Waals surface area (Å²) in [6.45, 7) is 0. The second-order valence-corrected chi connectivity index (χ2v) is 5.26. The van der Waals surface area contributed by atoms with Crippen molar-refractivity contribution in [2.75, 3.05) is 5.32 Å². The standard InChI is InChI=1S/C14H13N5OS/c20-14(5-4-11-6-7-21-9-11)16-12-2-1-3-13(8-12)19-10-15-17-18-19/h1-3,6-10H,4-5H2,(H,16,20). The van der Waals surface area contributed by atoms with Crippen LogP contribution in [0, 0.1) is 0 Å². The Labute approximate surface area is 125 Å². The van der Waals surface area contributed by atoms with Crippen molar-refractivity contribution in [2.45, 2.75) is 12.8 Å². The first-order valence-corrected chi connectivity index (χ1v) is 7.40. The van der Waals surface area contributed by atoms with Crippen LogP contribution in [0.5, 0.6) is 0 Å². The highest BCUT2D eigenvalue weighted by Crippen LogP contribution is 2.14. The van der Waals surface area contributed by atoms with Gasteiger partial charge in [0.1, 0.15) is 6.33 Å². The van der Waals surface area contributed by atoms with E-state index in [1.807, 2.05) is 35.7 Å². The molecule has 3 rings (SSSR count). The van der Waals surface area contributed by atoms with Gasteiger partial charge in [0.05, 0.1) is 5.69 Å². The maximum Gasteiger partial charge on any atom is 0.224 e. The van der Waals surface area contributed by atoms with Gasteiger partial charge in [-0.15, -0.1) is 5.10 Å². The predicted octanol–water partition coefficient (Wildman–Crippen LogP) is 2.30. The van der Waals surface area contributed by atoms with Gasteiger partial charge in [-0.1, -0.05) is 6.07 Å². The van der Waals surface area contributed by atoms with E-state index in [2.05, 4.69) is 26.2 Å². The first kappa shape index (κ1) is 13.4. The molecule has 0 aliphatic rings. The average molecular weight is 299 g/mol. The van der Waals surface area contributed by atoms with Crippen molar-refractivity contribution in [1.82, 2.24) is 20.2 Å². The second kappa shape index (κ2) is 6.27. The Balaban J connectivity index is 1.62. The van der Waals surface area contributed by atoms with Crippen LogP contribution >= 0.6 is 11.3 Å². The second-order valence-electron chi connectivity index (χ2n) is 4.48. The molecule has 7 heteroatoms. The molecule has 1 N–H and O–H groups in total. The molecule has 0 saturated carbocycles. The van der Waals surface area contributed by atoms with E-state index < -0.39 is 0 Å². The number of nitrogens with zero attached hydrogens (tertiary/aromatic N) is 4. The van der Waals surface area contributed by atoms with Gasteiger partial charge in [-0.05, 0) is 57.4 Å². The van der Waals surface area contributed by atoms with Crippen molar-refractivity contribution >= 4 is 22.9 Å². The molecule has 1 aromatic carbocycles. The fourth-order valence-electron chi connectivity index (χ4n) is 1.92. The summed E-state index contributed by atoms with van der Waals surface area (Å²) < 4.78 is 1.54. The maximum absolute atomic E-state index is 12.0. The Morgan fingerprint density at radius 2 is 2.29 bits per heavy atom. The minimum absolute atomic E-state index is 0.00457. The lowest BCUT2D eigenvalue weighted by molar-refractivity contribution is -0.116. The van der Waals surface area contributed by atoms with E-state index in [0.29, 0.717) is 6.42 Å². The number of hydrogen-bond donors (Lipinski definition) is 1. The molecule has 3 aromatic rings. The van der Waals surface area contributed by atoms with Crippen molar-refractivity contribution < 1.29 is 4.79 Å². The van der Waals surface area contributed by atoms with Crippen LogP contribution in [0.2, 0.25) is 0 Å². The summed E-state index contributed by atoms with van der Waals surface area (Å²) in [5.41, 5.74) is 2.73. The summed E-state index contributed by atoms with van der Waals surface area (Å²) in [5, 5.41) is 18.0. The highest BCUT2D eigenvalue weighted by atomic mass is 32.1. The van der Waals surface area contributed by atoms with E-state index >= 15 is 0 Å². The number of carbonyl (C=O) groups excluding carboxylic acids is 1. The molecule has 1 amide bonds. The SMILES string of the molecule is O=C(CCc1ccsc1)Nc1cccc(-n2cnnn2)c1. The number of benzene rings is 1. The Morgan fingerprint density at radius 1 is 1.33 bits per heavy atom. The Kier molecular flexibility index (Phi) is 4.02. The van der Waals surface area contributed by atoms with Crippen molar-refractivity contribution in [1.29, 1.82) is 0 Å². The lowest BCUT2D eigenvalue weighted by atomic mass is 10.2. The first-order chi connectivity index (χ1) is 10.3. The smallest absolute Gasteiger partial charge is 0.224 e. The van der Waals surface area contributed by atoms with E-state index in [4.69, 9.17) is 0 Å². The number of aromatic nitrogens is 4. The number of carbonyl (C=O) groups is 1. The number of hydrogen-bond acceptors (Lipinski definition) is 5. The molecule has 0 unspecified atom stereocenters. The van der Waals surface area contributed by atoms with Gasteiger partial charge >= 0.3 is 0 Å². The van der Waals surface area contributed by atoms with Gasteiger partial charge in [-0.2, -0.15) is 11.3 Å². The Hall–Kier alpha value is -2.54. The van der Waals surface area contributed by atoms with Crippen LogP contribution in [0.25, 0.3) is 5.69 Å². The van der Waals surface area contributed by atoms with Crippen molar-refractivity contribution in [3.05, 3.63) is 53.0 Å². The molecule has 21 heavy (non-hydrogen) atoms. The zero-order chi connectivity index (χ0) is 14.5. The van der Waals surface area contributed by atoms with Crippen LogP contribution in [-0.4, -0.2) is 26.1 Å². The minimum Gasteiger partial charge on any atom is -0.326 e. The van der Waals surface area contributed by atoms with Crippen LogP contribution in [0.15, 0.2) is 47.4 Å². The molecule has 6 nitrogen and oxygen atoms in total. The Bertz CT molecular complexity index is 709. The molecular weight excluding hydrogens is 286 g/mol. The molecular formula is C14H13N5OS. The molecule has 2 heterocycles. The van der Waals surface area contributed by atoms with Crippen LogP contribution in [0.4, 0.5) is 5.69 Å². The van der Waals surface area contributed by atoms with E-state index in [1.54, 1.807) is 16.0 Å². The molecule has 0 atom stereocenters. The minimum atomic E-state index is -0.00457. The summed E-state index contributed by atoms with van der Waals surface area (Å²) in [6, 6.07) is 9.44. The lowest BCUT2D eigenvalue weighted by Gasteiger charge is -2.06. The third-order valence-electron chi connectivity index (χ3n) is 2.96. The zero-order valence-electron chi connectivity index (χ0n) is 11.1. The quantitative estimate of drug-likeness (QED) is 0.784. The number of nitrogens with one attached hydrogen (secondary N) is 1. The van der Waals surface area contributed by atoms with E-state index in [1.165, 1.54) is 11.9 Å². The number of tetrazole rings is 1. The highest BCUT2D eigenvalue weighted by molar-refractivity contribution is 7.07. The highest BCUT2D eigenvalue weighted by Gasteiger charge is 2.05. The normalized spacial score (nSPS) is 10.5. The summed E-state index contributed by atoms with van der Waals surface area (Å²) >= 11 is 1.64. The molecule has 0 aliphatic heterocycles. The van der Waals surface area contributed by atoms with Crippen LogP contribution in [0.3, 0.4) is 0 Å². The number of amides is 1. The van der Waals surface area contributed by atoms with Crippen molar-refractivity contribution in [2.24, 2.45) is 0 Å². The number of anilines is 1. The molecule has 0 saturated heterocycles. The topological polar surface area (TPSA) is 72.7 Å². The van der Waals surface area contributed by atoms with Gasteiger partial charge < -0.3 is 5.32 Å². The van der Waals surface area contributed by atoms with E-state index in [0.717, 1.165) is 17.8 Å². The van der Waals surface area contributed by atoms with Gasteiger partial charge in [0.15, 0.2) is 0 Å². The van der Waals surface area contributed by atoms with Crippen molar-refractivity contribution in [3.63, 3.8) is 0 Å². The van der Waals surface area contributed by atoms with Crippen LogP contribution < -0.4 is 5.32 Å². The monoisotopic (exact) mass is 299 g/mol. The third-order valence-corrected chi connectivity index (χ3v) is 3.70. The molecule has 0 bridgehead atoms. The molecule has 2 aromatic heterocycles. The third kappa shape index (κ3) is 3.51. The summed E-state index contributed by atoms with van der Waals surface area (Å²) in [4.78, 5) is 12.0. The van der Waals surface area contributed by atoms with Crippen LogP contribution in [-0.2, 0) is 11.2 Å². The molecule has 0 aliphatic carbocycles. The zero-order valence-corrected chi connectivity index (χ0v) is 12.0. The van der Waals surface area contributed by atoms with Crippen LogP contribution in [0.1, 0.15) is 12.0 Å². The molecule has 0 fully saturated rings. The van der Waals surface area contributed by atoms with Gasteiger partial charge in [0.2, 0.25) is 5.91 Å². The fraction of sp³-hybridized carbons (Fsp3) is 0.143. The number of aryl methyl sites for hydroxylation is 1. The molecule has 0 spiro atoms. The number of thiophene rings is 1.